The lowest BCUT2D eigenvalue weighted by Crippen LogP contribution is -2.48. The second kappa shape index (κ2) is 9.93. The molecule has 4 aliphatic rings. The van der Waals surface area contributed by atoms with Crippen LogP contribution < -0.4 is 19.1 Å². The summed E-state index contributed by atoms with van der Waals surface area (Å²) >= 11 is 0. The van der Waals surface area contributed by atoms with Crippen LogP contribution in [0.15, 0.2) is 36.4 Å². The lowest BCUT2D eigenvalue weighted by molar-refractivity contribution is -0.131. The molecule has 0 aliphatic carbocycles. The molecule has 2 aromatic carbocycles. The van der Waals surface area contributed by atoms with E-state index >= 15 is 0 Å². The van der Waals surface area contributed by atoms with E-state index in [1.807, 2.05) is 23.1 Å². The third kappa shape index (κ3) is 4.81. The maximum Gasteiger partial charge on any atom is 0.265 e. The molecule has 0 N–H and O–H groups in total. The number of benzene rings is 2. The molecule has 0 saturated carbocycles. The molecule has 3 amide bonds. The van der Waals surface area contributed by atoms with E-state index in [1.54, 1.807) is 23.1 Å². The van der Waals surface area contributed by atoms with Crippen LogP contribution in [0, 0.1) is 0 Å². The Balaban J connectivity index is 1.10. The molecule has 10 nitrogen and oxygen atoms in total. The second-order valence-corrected chi connectivity index (χ2v) is 9.79. The van der Waals surface area contributed by atoms with E-state index in [9.17, 15) is 14.4 Å². The Hall–Kier alpha value is -3.79. The van der Waals surface area contributed by atoms with Gasteiger partial charge in [0.05, 0.1) is 5.69 Å². The van der Waals surface area contributed by atoms with Gasteiger partial charge in [0.1, 0.15) is 12.3 Å². The van der Waals surface area contributed by atoms with E-state index in [1.165, 1.54) is 4.90 Å². The Morgan fingerprint density at radius 2 is 1.54 bits per heavy atom. The number of carbonyl (C=O) groups excluding carboxylic acids is 3. The number of amides is 3. The molecule has 0 unspecified atom stereocenters. The fourth-order valence-electron chi connectivity index (χ4n) is 5.30. The highest BCUT2D eigenvalue weighted by Crippen LogP contribution is 2.34. The topological polar surface area (TPSA) is 91.9 Å². The van der Waals surface area contributed by atoms with Gasteiger partial charge in [0.2, 0.25) is 12.7 Å². The number of anilines is 1. The molecular weight excluding hydrogens is 476 g/mol. The van der Waals surface area contributed by atoms with E-state index in [0.29, 0.717) is 30.1 Å². The molecule has 0 radical (unpaired) electrons. The Labute approximate surface area is 215 Å². The normalized spacial score (nSPS) is 19.1. The first-order valence-corrected chi connectivity index (χ1v) is 12.8. The van der Waals surface area contributed by atoms with Crippen molar-refractivity contribution in [1.82, 2.24) is 14.7 Å². The van der Waals surface area contributed by atoms with Crippen LogP contribution in [0.5, 0.6) is 17.2 Å². The minimum Gasteiger partial charge on any atom is -0.482 e. The fraction of sp³-hybridized carbons (Fsp3) is 0.444. The van der Waals surface area contributed by atoms with Gasteiger partial charge < -0.3 is 24.0 Å². The zero-order chi connectivity index (χ0) is 25.4. The van der Waals surface area contributed by atoms with Gasteiger partial charge in [-0.1, -0.05) is 6.07 Å². The summed E-state index contributed by atoms with van der Waals surface area (Å²) in [6.45, 7) is 5.05. The molecule has 4 aliphatic heterocycles. The molecule has 0 spiro atoms. The number of rotatable bonds is 5. The number of likely N-dealkylation sites (tertiary alicyclic amines) is 1. The summed E-state index contributed by atoms with van der Waals surface area (Å²) in [5, 5.41) is 0. The van der Waals surface area contributed by atoms with Crippen LogP contribution in [-0.4, -0.2) is 91.6 Å². The van der Waals surface area contributed by atoms with Crippen molar-refractivity contribution in [2.24, 2.45) is 0 Å². The Kier molecular flexibility index (Phi) is 6.33. The standard InChI is InChI=1S/C27H30N4O6/c32-25(29-7-1-2-8-29)16-31-21-14-20(4-6-22(21)35-17-26(31)33)27(34)30-11-9-28(10-12-30)15-19-3-5-23-24(13-19)37-18-36-23/h3-6,13-14H,1-2,7-12,15-18H2. The lowest BCUT2D eigenvalue weighted by atomic mass is 10.1. The van der Waals surface area contributed by atoms with Crippen LogP contribution in [0.1, 0.15) is 28.8 Å². The first-order valence-electron chi connectivity index (χ1n) is 12.8. The highest BCUT2D eigenvalue weighted by Gasteiger charge is 2.31. The molecule has 37 heavy (non-hydrogen) atoms. The van der Waals surface area contributed by atoms with Crippen LogP contribution in [0.4, 0.5) is 5.69 Å². The van der Waals surface area contributed by atoms with Crippen molar-refractivity contribution in [3.05, 3.63) is 47.5 Å². The quantitative estimate of drug-likeness (QED) is 0.610. The van der Waals surface area contributed by atoms with Crippen molar-refractivity contribution < 1.29 is 28.6 Å². The fourth-order valence-corrected chi connectivity index (χ4v) is 5.30. The highest BCUT2D eigenvalue weighted by molar-refractivity contribution is 6.04. The Bertz CT molecular complexity index is 1220. The highest BCUT2D eigenvalue weighted by atomic mass is 16.7. The molecule has 4 heterocycles. The molecule has 194 valence electrons. The number of carbonyl (C=O) groups is 3. The van der Waals surface area contributed by atoms with Gasteiger partial charge in [0.15, 0.2) is 18.1 Å². The summed E-state index contributed by atoms with van der Waals surface area (Å²) in [6, 6.07) is 11.1. The maximum absolute atomic E-state index is 13.4. The minimum absolute atomic E-state index is 0.0363. The van der Waals surface area contributed by atoms with Crippen LogP contribution >= 0.6 is 0 Å². The molecule has 2 saturated heterocycles. The zero-order valence-corrected chi connectivity index (χ0v) is 20.7. The first-order chi connectivity index (χ1) is 18.0. The Morgan fingerprint density at radius 3 is 2.35 bits per heavy atom. The van der Waals surface area contributed by atoms with Crippen molar-refractivity contribution in [3.63, 3.8) is 0 Å². The number of hydrogen-bond acceptors (Lipinski definition) is 7. The predicted octanol–water partition coefficient (Wildman–Crippen LogP) is 1.72. The maximum atomic E-state index is 13.4. The summed E-state index contributed by atoms with van der Waals surface area (Å²) < 4.78 is 16.5. The summed E-state index contributed by atoms with van der Waals surface area (Å²) in [6.07, 6.45) is 1.98. The number of fused-ring (bicyclic) bond motifs is 2. The van der Waals surface area contributed by atoms with Gasteiger partial charge in [0, 0.05) is 51.4 Å². The average Bonchev–Trinajstić information content (AvgIpc) is 3.62. The summed E-state index contributed by atoms with van der Waals surface area (Å²) in [7, 11) is 0. The van der Waals surface area contributed by atoms with E-state index in [4.69, 9.17) is 14.2 Å². The predicted molar refractivity (Wildman–Crippen MR) is 134 cm³/mol. The monoisotopic (exact) mass is 506 g/mol. The van der Waals surface area contributed by atoms with Crippen molar-refractivity contribution in [1.29, 1.82) is 0 Å². The van der Waals surface area contributed by atoms with Gasteiger partial charge in [0.25, 0.3) is 11.8 Å². The largest absolute Gasteiger partial charge is 0.482 e. The first kappa shape index (κ1) is 23.6. The third-order valence-corrected chi connectivity index (χ3v) is 7.40. The second-order valence-electron chi connectivity index (χ2n) is 9.79. The molecule has 0 atom stereocenters. The summed E-state index contributed by atoms with van der Waals surface area (Å²) in [5.41, 5.74) is 2.11. The average molecular weight is 507 g/mol. The van der Waals surface area contributed by atoms with Gasteiger partial charge >= 0.3 is 0 Å². The van der Waals surface area contributed by atoms with Gasteiger partial charge in [-0.3, -0.25) is 24.2 Å². The van der Waals surface area contributed by atoms with E-state index in [-0.39, 0.29) is 37.7 Å². The van der Waals surface area contributed by atoms with Crippen LogP contribution in [-0.2, 0) is 16.1 Å². The SMILES string of the molecule is O=C(CN1C(=O)COc2ccc(C(=O)N3CCN(Cc4ccc5c(c4)OCO5)CC3)cc21)N1CCCC1. The zero-order valence-electron chi connectivity index (χ0n) is 20.7. The van der Waals surface area contributed by atoms with Crippen molar-refractivity contribution in [3.8, 4) is 17.2 Å². The van der Waals surface area contributed by atoms with E-state index in [2.05, 4.69) is 4.90 Å². The molecule has 6 rings (SSSR count). The molecule has 2 fully saturated rings. The summed E-state index contributed by atoms with van der Waals surface area (Å²) in [4.78, 5) is 46.2. The van der Waals surface area contributed by atoms with Crippen molar-refractivity contribution in [2.45, 2.75) is 19.4 Å². The Morgan fingerprint density at radius 1 is 0.784 bits per heavy atom. The van der Waals surface area contributed by atoms with E-state index < -0.39 is 0 Å². The van der Waals surface area contributed by atoms with Gasteiger partial charge in [-0.25, -0.2) is 0 Å². The minimum atomic E-state index is -0.276. The van der Waals surface area contributed by atoms with Crippen LogP contribution in [0.2, 0.25) is 0 Å². The molecule has 10 heteroatoms. The summed E-state index contributed by atoms with van der Waals surface area (Å²) in [5.74, 6) is 1.62. The number of piperazine rings is 1. The third-order valence-electron chi connectivity index (χ3n) is 7.40. The van der Waals surface area contributed by atoms with Gasteiger partial charge in [-0.05, 0) is 48.7 Å². The van der Waals surface area contributed by atoms with Gasteiger partial charge in [-0.15, -0.1) is 0 Å². The van der Waals surface area contributed by atoms with Gasteiger partial charge in [-0.2, -0.15) is 0 Å². The molecular formula is C27H30N4O6. The number of nitrogens with zero attached hydrogens (tertiary/aromatic N) is 4. The number of ether oxygens (including phenoxy) is 3. The van der Waals surface area contributed by atoms with Crippen LogP contribution in [0.25, 0.3) is 0 Å². The van der Waals surface area contributed by atoms with Crippen molar-refractivity contribution >= 4 is 23.4 Å². The smallest absolute Gasteiger partial charge is 0.265 e. The molecule has 2 aromatic rings. The molecule has 0 aromatic heterocycles. The lowest BCUT2D eigenvalue weighted by Gasteiger charge is -2.35. The van der Waals surface area contributed by atoms with E-state index in [0.717, 1.165) is 62.6 Å². The molecule has 0 bridgehead atoms. The van der Waals surface area contributed by atoms with Crippen LogP contribution in [0.3, 0.4) is 0 Å². The van der Waals surface area contributed by atoms with Crippen molar-refractivity contribution in [2.75, 3.05) is 64.1 Å². The number of hydrogen-bond donors (Lipinski definition) is 0.